The van der Waals surface area contributed by atoms with E-state index in [0.29, 0.717) is 0 Å². The van der Waals surface area contributed by atoms with E-state index < -0.39 is 0 Å². The van der Waals surface area contributed by atoms with Gasteiger partial charge in [0.1, 0.15) is 11.9 Å². The highest BCUT2D eigenvalue weighted by atomic mass is 32.1. The third-order valence-corrected chi connectivity index (χ3v) is 4.62. The molecule has 114 valence electrons. The average molecular weight is 303 g/mol. The fraction of sp³-hybridized carbons (Fsp3) is 0.444. The lowest BCUT2D eigenvalue weighted by Gasteiger charge is -2.23. The number of nitrogens with two attached hydrogens (primary N) is 1. The maximum atomic E-state index is 6.23. The first-order chi connectivity index (χ1) is 10.2. The summed E-state index contributed by atoms with van der Waals surface area (Å²) in [5.74, 6) is 0.901. The van der Waals surface area contributed by atoms with Crippen LogP contribution in [-0.2, 0) is 6.42 Å². The Balaban J connectivity index is 2.06. The number of aryl methyl sites for hydroxylation is 1. The van der Waals surface area contributed by atoms with Crippen molar-refractivity contribution in [1.82, 2.24) is 0 Å². The minimum absolute atomic E-state index is 0.0171. The highest BCUT2D eigenvalue weighted by Gasteiger charge is 2.21. The first-order valence-electron chi connectivity index (χ1n) is 7.79. The second-order valence-electron chi connectivity index (χ2n) is 5.37. The van der Waals surface area contributed by atoms with E-state index in [1.165, 1.54) is 23.3 Å². The summed E-state index contributed by atoms with van der Waals surface area (Å²) in [6.45, 7) is 4.32. The van der Waals surface area contributed by atoms with Gasteiger partial charge in [-0.25, -0.2) is 0 Å². The summed E-state index contributed by atoms with van der Waals surface area (Å²) in [5, 5.41) is 2.07. The van der Waals surface area contributed by atoms with Crippen molar-refractivity contribution in [3.63, 3.8) is 0 Å². The molecule has 21 heavy (non-hydrogen) atoms. The summed E-state index contributed by atoms with van der Waals surface area (Å²) in [6, 6.07) is 12.6. The van der Waals surface area contributed by atoms with Crippen LogP contribution in [0.4, 0.5) is 0 Å². The SMILES string of the molecule is CCCCc1ccc(OC(c2cccs2)C(N)CC)cc1. The standard InChI is InChI=1S/C18H25NOS/c1-3-5-7-14-9-11-15(12-10-14)20-18(16(19)4-2)17-8-6-13-21-17/h6,8-13,16,18H,3-5,7,19H2,1-2H3. The lowest BCUT2D eigenvalue weighted by molar-refractivity contribution is 0.174. The lowest BCUT2D eigenvalue weighted by atomic mass is 10.1. The van der Waals surface area contributed by atoms with Gasteiger partial charge in [-0.05, 0) is 48.4 Å². The molecule has 2 nitrogen and oxygen atoms in total. The normalized spacial score (nSPS) is 13.9. The molecule has 0 aliphatic carbocycles. The van der Waals surface area contributed by atoms with Crippen LogP contribution in [-0.4, -0.2) is 6.04 Å². The lowest BCUT2D eigenvalue weighted by Crippen LogP contribution is -2.30. The molecule has 0 radical (unpaired) electrons. The highest BCUT2D eigenvalue weighted by Crippen LogP contribution is 2.28. The number of rotatable bonds is 8. The van der Waals surface area contributed by atoms with Gasteiger partial charge in [0.15, 0.2) is 0 Å². The molecule has 2 atom stereocenters. The van der Waals surface area contributed by atoms with Gasteiger partial charge in [-0.1, -0.05) is 38.5 Å². The van der Waals surface area contributed by atoms with Crippen molar-refractivity contribution >= 4 is 11.3 Å². The van der Waals surface area contributed by atoms with Crippen LogP contribution in [0.15, 0.2) is 41.8 Å². The molecule has 2 rings (SSSR count). The Hall–Kier alpha value is -1.32. The van der Waals surface area contributed by atoms with Crippen molar-refractivity contribution in [3.8, 4) is 5.75 Å². The van der Waals surface area contributed by atoms with Crippen LogP contribution in [0.1, 0.15) is 49.7 Å². The number of hydrogen-bond acceptors (Lipinski definition) is 3. The molecule has 3 heteroatoms. The zero-order valence-corrected chi connectivity index (χ0v) is 13.7. The zero-order chi connectivity index (χ0) is 15.1. The van der Waals surface area contributed by atoms with Crippen LogP contribution in [0.2, 0.25) is 0 Å². The van der Waals surface area contributed by atoms with E-state index in [-0.39, 0.29) is 12.1 Å². The van der Waals surface area contributed by atoms with Gasteiger partial charge in [-0.2, -0.15) is 0 Å². The third-order valence-electron chi connectivity index (χ3n) is 3.69. The topological polar surface area (TPSA) is 35.2 Å². The Morgan fingerprint density at radius 2 is 1.90 bits per heavy atom. The molecule has 2 N–H and O–H groups in total. The number of thiophene rings is 1. The number of benzene rings is 1. The predicted molar refractivity (Wildman–Crippen MR) is 91.0 cm³/mol. The van der Waals surface area contributed by atoms with E-state index in [0.717, 1.165) is 18.6 Å². The molecule has 2 unspecified atom stereocenters. The summed E-state index contributed by atoms with van der Waals surface area (Å²) in [7, 11) is 0. The molecular formula is C18H25NOS. The number of hydrogen-bond donors (Lipinski definition) is 1. The Kier molecular flexibility index (Phi) is 6.27. The van der Waals surface area contributed by atoms with Crippen LogP contribution in [0.25, 0.3) is 0 Å². The third kappa shape index (κ3) is 4.58. The van der Waals surface area contributed by atoms with E-state index in [1.54, 1.807) is 11.3 Å². The van der Waals surface area contributed by atoms with Crippen LogP contribution in [0.3, 0.4) is 0 Å². The first-order valence-corrected chi connectivity index (χ1v) is 8.67. The number of unbranched alkanes of at least 4 members (excludes halogenated alkanes) is 1. The summed E-state index contributed by atoms with van der Waals surface area (Å²) in [6.07, 6.45) is 4.44. The van der Waals surface area contributed by atoms with Crippen molar-refractivity contribution in [3.05, 3.63) is 52.2 Å². The molecule has 0 fully saturated rings. The second-order valence-corrected chi connectivity index (χ2v) is 6.35. The van der Waals surface area contributed by atoms with Crippen LogP contribution in [0.5, 0.6) is 5.75 Å². The van der Waals surface area contributed by atoms with Gasteiger partial charge in [0.05, 0.1) is 0 Å². The Morgan fingerprint density at radius 3 is 2.48 bits per heavy atom. The predicted octanol–water partition coefficient (Wildman–Crippen LogP) is 4.95. The molecule has 2 aromatic rings. The average Bonchev–Trinajstić information content (AvgIpc) is 3.05. The second kappa shape index (κ2) is 8.20. The van der Waals surface area contributed by atoms with Crippen molar-refractivity contribution < 1.29 is 4.74 Å². The minimum Gasteiger partial charge on any atom is -0.483 e. The largest absolute Gasteiger partial charge is 0.483 e. The maximum Gasteiger partial charge on any atom is 0.148 e. The maximum absolute atomic E-state index is 6.23. The first kappa shape index (κ1) is 16.1. The summed E-state index contributed by atoms with van der Waals surface area (Å²) < 4.78 is 6.16. The summed E-state index contributed by atoms with van der Waals surface area (Å²) in [5.41, 5.74) is 7.61. The molecule has 0 saturated carbocycles. The van der Waals surface area contributed by atoms with Crippen molar-refractivity contribution in [2.75, 3.05) is 0 Å². The molecule has 0 spiro atoms. The highest BCUT2D eigenvalue weighted by molar-refractivity contribution is 7.10. The van der Waals surface area contributed by atoms with Crippen LogP contribution < -0.4 is 10.5 Å². The van der Waals surface area contributed by atoms with Gasteiger partial charge in [-0.15, -0.1) is 11.3 Å². The smallest absolute Gasteiger partial charge is 0.148 e. The van der Waals surface area contributed by atoms with Gasteiger partial charge in [0.2, 0.25) is 0 Å². The van der Waals surface area contributed by atoms with Gasteiger partial charge >= 0.3 is 0 Å². The monoisotopic (exact) mass is 303 g/mol. The fourth-order valence-electron chi connectivity index (χ4n) is 2.29. The molecule has 0 amide bonds. The molecule has 0 aliphatic rings. The van der Waals surface area contributed by atoms with Crippen LogP contribution in [0, 0.1) is 0 Å². The van der Waals surface area contributed by atoms with E-state index in [1.807, 2.05) is 6.07 Å². The van der Waals surface area contributed by atoms with E-state index in [4.69, 9.17) is 10.5 Å². The van der Waals surface area contributed by atoms with E-state index >= 15 is 0 Å². The van der Waals surface area contributed by atoms with Crippen molar-refractivity contribution in [2.45, 2.75) is 51.7 Å². The Labute approximate surface area is 132 Å². The molecule has 1 heterocycles. The van der Waals surface area contributed by atoms with Crippen molar-refractivity contribution in [1.29, 1.82) is 0 Å². The van der Waals surface area contributed by atoms with Gasteiger partial charge < -0.3 is 10.5 Å². The van der Waals surface area contributed by atoms with Gasteiger partial charge in [0, 0.05) is 10.9 Å². The number of ether oxygens (including phenoxy) is 1. The molecule has 1 aromatic carbocycles. The summed E-state index contributed by atoms with van der Waals surface area (Å²) >= 11 is 1.70. The van der Waals surface area contributed by atoms with Crippen molar-refractivity contribution in [2.24, 2.45) is 5.73 Å². The minimum atomic E-state index is -0.0588. The quantitative estimate of drug-likeness (QED) is 0.749. The molecule has 0 bridgehead atoms. The van der Waals surface area contributed by atoms with Gasteiger partial charge in [-0.3, -0.25) is 0 Å². The van der Waals surface area contributed by atoms with E-state index in [2.05, 4.69) is 49.6 Å². The molecule has 0 aliphatic heterocycles. The van der Waals surface area contributed by atoms with Gasteiger partial charge in [0.25, 0.3) is 0 Å². The molecular weight excluding hydrogens is 278 g/mol. The van der Waals surface area contributed by atoms with Crippen LogP contribution >= 0.6 is 11.3 Å². The molecule has 1 aromatic heterocycles. The zero-order valence-electron chi connectivity index (χ0n) is 12.9. The Morgan fingerprint density at radius 1 is 1.14 bits per heavy atom. The fourth-order valence-corrected chi connectivity index (χ4v) is 3.11. The van der Waals surface area contributed by atoms with E-state index in [9.17, 15) is 0 Å². The summed E-state index contributed by atoms with van der Waals surface area (Å²) in [4.78, 5) is 1.19. The Bertz CT molecular complexity index is 507. The molecule has 0 saturated heterocycles.